The van der Waals surface area contributed by atoms with E-state index in [9.17, 15) is 9.18 Å². The first-order valence-corrected chi connectivity index (χ1v) is 8.60. The fourth-order valence-corrected chi connectivity index (χ4v) is 2.66. The number of rotatable bonds is 4. The summed E-state index contributed by atoms with van der Waals surface area (Å²) in [5.74, 6) is -0.627. The van der Waals surface area contributed by atoms with E-state index in [0.717, 1.165) is 11.3 Å². The zero-order valence-electron chi connectivity index (χ0n) is 15.5. The molecule has 1 aromatic heterocycles. The van der Waals surface area contributed by atoms with Gasteiger partial charge >= 0.3 is 0 Å². The predicted molar refractivity (Wildman–Crippen MR) is 105 cm³/mol. The number of hydrogen-bond donors (Lipinski definition) is 2. The van der Waals surface area contributed by atoms with Gasteiger partial charge in [0.2, 0.25) is 5.95 Å². The first-order chi connectivity index (χ1) is 12.8. The molecule has 0 saturated heterocycles. The first kappa shape index (κ1) is 18.5. The Kier molecular flexibility index (Phi) is 5.16. The maximum absolute atomic E-state index is 13.8. The van der Waals surface area contributed by atoms with Crippen LogP contribution < -0.4 is 10.6 Å². The maximum Gasteiger partial charge on any atom is 0.274 e. The number of aromatic nitrogens is 2. The van der Waals surface area contributed by atoms with E-state index < -0.39 is 5.82 Å². The third-order valence-electron chi connectivity index (χ3n) is 3.99. The number of amides is 1. The van der Waals surface area contributed by atoms with Crippen molar-refractivity contribution in [3.05, 3.63) is 77.9 Å². The lowest BCUT2D eigenvalue weighted by Crippen LogP contribution is -2.19. The fourth-order valence-electron chi connectivity index (χ4n) is 2.66. The number of carbonyl (C=O) groups is 1. The number of anilines is 3. The minimum Gasteiger partial charge on any atom is -0.322 e. The number of para-hydroxylation sites is 2. The third-order valence-corrected chi connectivity index (χ3v) is 3.99. The van der Waals surface area contributed by atoms with E-state index in [1.807, 2.05) is 24.3 Å². The summed E-state index contributed by atoms with van der Waals surface area (Å²) in [4.78, 5) is 20.9. The van der Waals surface area contributed by atoms with Gasteiger partial charge in [0.1, 0.15) is 11.5 Å². The Morgan fingerprint density at radius 1 is 0.963 bits per heavy atom. The molecule has 1 heterocycles. The monoisotopic (exact) mass is 364 g/mol. The number of nitrogens with one attached hydrogen (secondary N) is 2. The van der Waals surface area contributed by atoms with E-state index in [1.165, 1.54) is 18.3 Å². The van der Waals surface area contributed by atoms with Gasteiger partial charge < -0.3 is 10.6 Å². The van der Waals surface area contributed by atoms with Crippen LogP contribution in [-0.2, 0) is 5.41 Å². The summed E-state index contributed by atoms with van der Waals surface area (Å²) in [6, 6.07) is 15.4. The molecule has 5 nitrogen and oxygen atoms in total. The minimum atomic E-state index is -0.421. The van der Waals surface area contributed by atoms with E-state index in [2.05, 4.69) is 41.4 Å². The Bertz CT molecular complexity index is 966. The molecule has 0 spiro atoms. The van der Waals surface area contributed by atoms with E-state index in [0.29, 0.717) is 0 Å². The van der Waals surface area contributed by atoms with Gasteiger partial charge in [-0.1, -0.05) is 51.1 Å². The van der Waals surface area contributed by atoms with Gasteiger partial charge in [-0.3, -0.25) is 4.79 Å². The quantitative estimate of drug-likeness (QED) is 0.690. The van der Waals surface area contributed by atoms with E-state index in [1.54, 1.807) is 18.2 Å². The smallest absolute Gasteiger partial charge is 0.274 e. The first-order valence-electron chi connectivity index (χ1n) is 8.60. The largest absolute Gasteiger partial charge is 0.322 e. The summed E-state index contributed by atoms with van der Waals surface area (Å²) >= 11 is 0. The molecule has 138 valence electrons. The third kappa shape index (κ3) is 4.47. The van der Waals surface area contributed by atoms with Crippen LogP contribution in [0.5, 0.6) is 0 Å². The number of nitrogens with zero attached hydrogens (tertiary/aromatic N) is 2. The summed E-state index contributed by atoms with van der Waals surface area (Å²) in [6.45, 7) is 6.25. The van der Waals surface area contributed by atoms with Crippen LogP contribution >= 0.6 is 0 Å². The molecular formula is C21H21FN4O. The zero-order valence-corrected chi connectivity index (χ0v) is 15.5. The Labute approximate surface area is 157 Å². The Morgan fingerprint density at radius 3 is 2.33 bits per heavy atom. The molecule has 0 bridgehead atoms. The summed E-state index contributed by atoms with van der Waals surface area (Å²) in [6.07, 6.45) is 1.46. The van der Waals surface area contributed by atoms with Crippen LogP contribution in [-0.4, -0.2) is 15.9 Å². The Morgan fingerprint density at radius 2 is 1.63 bits per heavy atom. The van der Waals surface area contributed by atoms with Gasteiger partial charge in [0, 0.05) is 11.9 Å². The SMILES string of the molecule is CC(C)(C)c1ccccc1NC(=O)c1ccnc(Nc2ccccc2F)n1. The van der Waals surface area contributed by atoms with Crippen LogP contribution in [0.25, 0.3) is 0 Å². The number of hydrogen-bond acceptors (Lipinski definition) is 4. The Hall–Kier alpha value is -3.28. The van der Waals surface area contributed by atoms with E-state index in [-0.39, 0.29) is 28.7 Å². The van der Waals surface area contributed by atoms with Crippen molar-refractivity contribution in [1.82, 2.24) is 9.97 Å². The van der Waals surface area contributed by atoms with Crippen molar-refractivity contribution in [1.29, 1.82) is 0 Å². The topological polar surface area (TPSA) is 66.9 Å². The number of halogens is 1. The molecule has 0 unspecified atom stereocenters. The van der Waals surface area contributed by atoms with Crippen molar-refractivity contribution >= 4 is 23.2 Å². The highest BCUT2D eigenvalue weighted by atomic mass is 19.1. The zero-order chi connectivity index (χ0) is 19.4. The molecule has 3 rings (SSSR count). The van der Waals surface area contributed by atoms with Crippen LogP contribution in [0, 0.1) is 5.82 Å². The fraction of sp³-hybridized carbons (Fsp3) is 0.190. The molecule has 1 amide bonds. The van der Waals surface area contributed by atoms with Crippen molar-refractivity contribution < 1.29 is 9.18 Å². The van der Waals surface area contributed by atoms with Crippen LogP contribution in [0.15, 0.2) is 60.8 Å². The number of carbonyl (C=O) groups excluding carboxylic acids is 1. The van der Waals surface area contributed by atoms with Gasteiger partial charge in [-0.2, -0.15) is 0 Å². The molecule has 6 heteroatoms. The van der Waals surface area contributed by atoms with Crippen molar-refractivity contribution in [3.63, 3.8) is 0 Å². The highest BCUT2D eigenvalue weighted by molar-refractivity contribution is 6.03. The molecule has 0 aliphatic carbocycles. The van der Waals surface area contributed by atoms with Gasteiger partial charge in [-0.25, -0.2) is 14.4 Å². The molecule has 0 fully saturated rings. The lowest BCUT2D eigenvalue weighted by molar-refractivity contribution is 0.102. The standard InChI is InChI=1S/C21H21FN4O/c1-21(2,3)14-8-4-6-10-16(14)24-19(27)18-12-13-23-20(26-18)25-17-11-7-5-9-15(17)22/h4-13H,1-3H3,(H,24,27)(H,23,25,26). The van der Waals surface area contributed by atoms with Gasteiger partial charge in [-0.15, -0.1) is 0 Å². The van der Waals surface area contributed by atoms with Gasteiger partial charge in [0.05, 0.1) is 5.69 Å². The van der Waals surface area contributed by atoms with Gasteiger partial charge in [0.25, 0.3) is 5.91 Å². The average molecular weight is 364 g/mol. The van der Waals surface area contributed by atoms with E-state index in [4.69, 9.17) is 0 Å². The van der Waals surface area contributed by atoms with Crippen molar-refractivity contribution in [2.75, 3.05) is 10.6 Å². The normalized spacial score (nSPS) is 11.1. The highest BCUT2D eigenvalue weighted by Gasteiger charge is 2.19. The highest BCUT2D eigenvalue weighted by Crippen LogP contribution is 2.29. The second kappa shape index (κ2) is 7.53. The molecule has 3 aromatic rings. The molecule has 2 N–H and O–H groups in total. The van der Waals surface area contributed by atoms with Gasteiger partial charge in [-0.05, 0) is 35.2 Å². The molecule has 0 saturated carbocycles. The molecule has 27 heavy (non-hydrogen) atoms. The summed E-state index contributed by atoms with van der Waals surface area (Å²) < 4.78 is 13.8. The number of benzene rings is 2. The molecule has 0 radical (unpaired) electrons. The van der Waals surface area contributed by atoms with Crippen LogP contribution in [0.1, 0.15) is 36.8 Å². The summed E-state index contributed by atoms with van der Waals surface area (Å²) in [5.41, 5.74) is 2.07. The van der Waals surface area contributed by atoms with Gasteiger partial charge in [0.15, 0.2) is 0 Å². The summed E-state index contributed by atoms with van der Waals surface area (Å²) in [5, 5.41) is 5.69. The molecular weight excluding hydrogens is 343 g/mol. The Balaban J connectivity index is 1.82. The van der Waals surface area contributed by atoms with Crippen molar-refractivity contribution in [2.45, 2.75) is 26.2 Å². The van der Waals surface area contributed by atoms with Crippen LogP contribution in [0.4, 0.5) is 21.7 Å². The lowest BCUT2D eigenvalue weighted by Gasteiger charge is -2.22. The molecule has 0 aliphatic heterocycles. The van der Waals surface area contributed by atoms with Crippen molar-refractivity contribution in [3.8, 4) is 0 Å². The predicted octanol–water partition coefficient (Wildman–Crippen LogP) is 4.91. The minimum absolute atomic E-state index is 0.118. The molecule has 0 aliphatic rings. The maximum atomic E-state index is 13.8. The second-order valence-electron chi connectivity index (χ2n) is 7.12. The average Bonchev–Trinajstić information content (AvgIpc) is 2.63. The lowest BCUT2D eigenvalue weighted by atomic mass is 9.86. The second-order valence-corrected chi connectivity index (χ2v) is 7.12. The molecule has 2 aromatic carbocycles. The molecule has 0 atom stereocenters. The van der Waals surface area contributed by atoms with Crippen molar-refractivity contribution in [2.24, 2.45) is 0 Å². The summed E-state index contributed by atoms with van der Waals surface area (Å²) in [7, 11) is 0. The van der Waals surface area contributed by atoms with Crippen LogP contribution in [0.2, 0.25) is 0 Å². The van der Waals surface area contributed by atoms with Crippen LogP contribution in [0.3, 0.4) is 0 Å². The van der Waals surface area contributed by atoms with E-state index >= 15 is 0 Å².